The Hall–Kier alpha value is -0.130. The van der Waals surface area contributed by atoms with Gasteiger partial charge in [0.2, 0.25) is 0 Å². The molecule has 5 heteroatoms. The lowest BCUT2D eigenvalue weighted by atomic mass is 10.2. The lowest BCUT2D eigenvalue weighted by Crippen LogP contribution is -2.26. The van der Waals surface area contributed by atoms with Gasteiger partial charge in [0.1, 0.15) is 0 Å². The van der Waals surface area contributed by atoms with Gasteiger partial charge in [0.15, 0.2) is 0 Å². The summed E-state index contributed by atoms with van der Waals surface area (Å²) in [6, 6.07) is 0.0602. The van der Waals surface area contributed by atoms with E-state index in [4.69, 9.17) is 4.18 Å². The molecule has 10 heavy (non-hydrogen) atoms. The van der Waals surface area contributed by atoms with E-state index in [-0.39, 0.29) is 12.1 Å². The highest BCUT2D eigenvalue weighted by Crippen LogP contribution is 2.28. The standard InChI is InChI=1S/C5H9NO3S/c7-10(8)6-4-2-1-3-5(4)9-10/h4-6H,1-3H2. The van der Waals surface area contributed by atoms with Gasteiger partial charge in [-0.1, -0.05) is 0 Å². The van der Waals surface area contributed by atoms with E-state index < -0.39 is 10.3 Å². The van der Waals surface area contributed by atoms with Crippen molar-refractivity contribution in [3.8, 4) is 0 Å². The highest BCUT2D eigenvalue weighted by Gasteiger charge is 2.40. The molecule has 1 heterocycles. The molecule has 4 nitrogen and oxygen atoms in total. The maximum absolute atomic E-state index is 10.7. The highest BCUT2D eigenvalue weighted by atomic mass is 32.2. The zero-order valence-corrected chi connectivity index (χ0v) is 6.23. The van der Waals surface area contributed by atoms with Crippen molar-refractivity contribution < 1.29 is 12.6 Å². The minimum atomic E-state index is -3.36. The quantitative estimate of drug-likeness (QED) is 0.536. The van der Waals surface area contributed by atoms with Gasteiger partial charge in [-0.15, -0.1) is 0 Å². The summed E-state index contributed by atoms with van der Waals surface area (Å²) >= 11 is 0. The summed E-state index contributed by atoms with van der Waals surface area (Å²) in [7, 11) is -3.36. The third-order valence-corrected chi connectivity index (χ3v) is 3.09. The van der Waals surface area contributed by atoms with Gasteiger partial charge >= 0.3 is 10.3 Å². The van der Waals surface area contributed by atoms with Crippen LogP contribution >= 0.6 is 0 Å². The van der Waals surface area contributed by atoms with E-state index in [0.29, 0.717) is 0 Å². The van der Waals surface area contributed by atoms with Crippen LogP contribution in [-0.4, -0.2) is 20.6 Å². The maximum atomic E-state index is 10.7. The molecule has 1 saturated carbocycles. The molecule has 1 aliphatic carbocycles. The lowest BCUT2D eigenvalue weighted by Gasteiger charge is -2.00. The Kier molecular flexibility index (Phi) is 1.27. The molecule has 2 unspecified atom stereocenters. The second-order valence-electron chi connectivity index (χ2n) is 2.74. The van der Waals surface area contributed by atoms with Crippen LogP contribution in [0.1, 0.15) is 19.3 Å². The van der Waals surface area contributed by atoms with E-state index in [0.717, 1.165) is 19.3 Å². The normalized spacial score (nSPS) is 43.6. The molecule has 0 aromatic carbocycles. The molecule has 2 atom stereocenters. The van der Waals surface area contributed by atoms with Crippen LogP contribution in [0, 0.1) is 0 Å². The smallest absolute Gasteiger partial charge is 0.253 e. The number of fused-ring (bicyclic) bond motifs is 1. The van der Waals surface area contributed by atoms with E-state index in [1.165, 1.54) is 0 Å². The average molecular weight is 163 g/mol. The predicted octanol–water partition coefficient (Wildman–Crippen LogP) is -0.228. The minimum absolute atomic E-state index is 0.0602. The summed E-state index contributed by atoms with van der Waals surface area (Å²) in [5, 5.41) is 0. The molecule has 58 valence electrons. The van der Waals surface area contributed by atoms with Gasteiger partial charge in [0.05, 0.1) is 12.1 Å². The number of rotatable bonds is 0. The molecule has 0 spiro atoms. The van der Waals surface area contributed by atoms with Crippen molar-refractivity contribution in [1.29, 1.82) is 0 Å². The molecule has 1 N–H and O–H groups in total. The Morgan fingerprint density at radius 1 is 1.40 bits per heavy atom. The summed E-state index contributed by atoms with van der Waals surface area (Å²) < 4.78 is 28.6. The lowest BCUT2D eigenvalue weighted by molar-refractivity contribution is 0.234. The molecule has 0 amide bonds. The molecule has 2 fully saturated rings. The van der Waals surface area contributed by atoms with E-state index in [1.807, 2.05) is 0 Å². The third-order valence-electron chi connectivity index (χ3n) is 2.00. The third kappa shape index (κ3) is 0.941. The second kappa shape index (κ2) is 1.93. The first kappa shape index (κ1) is 6.57. The molecule has 2 rings (SSSR count). The van der Waals surface area contributed by atoms with Crippen molar-refractivity contribution in [2.24, 2.45) is 0 Å². The topological polar surface area (TPSA) is 55.4 Å². The van der Waals surface area contributed by atoms with Crippen molar-refractivity contribution in [1.82, 2.24) is 4.72 Å². The number of hydrogen-bond donors (Lipinski definition) is 1. The summed E-state index contributed by atoms with van der Waals surface area (Å²) in [5.74, 6) is 0. The Morgan fingerprint density at radius 2 is 2.20 bits per heavy atom. The summed E-state index contributed by atoms with van der Waals surface area (Å²) in [4.78, 5) is 0. The van der Waals surface area contributed by atoms with Gasteiger partial charge in [-0.25, -0.2) is 0 Å². The Bertz CT molecular complexity index is 217. The summed E-state index contributed by atoms with van der Waals surface area (Å²) in [6.07, 6.45) is 2.78. The van der Waals surface area contributed by atoms with Crippen molar-refractivity contribution in [3.63, 3.8) is 0 Å². The van der Waals surface area contributed by atoms with Crippen LogP contribution in [0.2, 0.25) is 0 Å². The molecule has 1 aliphatic heterocycles. The van der Waals surface area contributed by atoms with E-state index in [9.17, 15) is 8.42 Å². The van der Waals surface area contributed by atoms with E-state index in [2.05, 4.69) is 4.72 Å². The van der Waals surface area contributed by atoms with Crippen molar-refractivity contribution in [3.05, 3.63) is 0 Å². The van der Waals surface area contributed by atoms with Gasteiger partial charge in [0.25, 0.3) is 0 Å². The van der Waals surface area contributed by atoms with Crippen LogP contribution in [0.3, 0.4) is 0 Å². The molecule has 0 radical (unpaired) electrons. The fourth-order valence-corrected chi connectivity index (χ4v) is 2.80. The number of nitrogens with one attached hydrogen (secondary N) is 1. The van der Waals surface area contributed by atoms with E-state index >= 15 is 0 Å². The first-order valence-electron chi connectivity index (χ1n) is 3.38. The van der Waals surface area contributed by atoms with Crippen molar-refractivity contribution in [2.75, 3.05) is 0 Å². The molecular weight excluding hydrogens is 154 g/mol. The Balaban J connectivity index is 2.21. The summed E-state index contributed by atoms with van der Waals surface area (Å²) in [5.41, 5.74) is 0. The van der Waals surface area contributed by atoms with Crippen LogP contribution in [0.15, 0.2) is 0 Å². The SMILES string of the molecule is O=S1(=O)NC2CCCC2O1. The molecule has 0 aromatic heterocycles. The first-order valence-corrected chi connectivity index (χ1v) is 4.79. The second-order valence-corrected chi connectivity index (χ2v) is 4.08. The van der Waals surface area contributed by atoms with E-state index in [1.54, 1.807) is 0 Å². The fraction of sp³-hybridized carbons (Fsp3) is 1.00. The van der Waals surface area contributed by atoms with Crippen LogP contribution in [0.4, 0.5) is 0 Å². The molecule has 2 aliphatic rings. The fourth-order valence-electron chi connectivity index (χ4n) is 1.55. The first-order chi connectivity index (χ1) is 4.67. The minimum Gasteiger partial charge on any atom is -0.253 e. The largest absolute Gasteiger partial charge is 0.336 e. The summed E-state index contributed by atoms with van der Waals surface area (Å²) in [6.45, 7) is 0. The van der Waals surface area contributed by atoms with Crippen LogP contribution in [0.25, 0.3) is 0 Å². The van der Waals surface area contributed by atoms with Crippen LogP contribution in [0.5, 0.6) is 0 Å². The zero-order chi connectivity index (χ0) is 7.19. The van der Waals surface area contributed by atoms with Gasteiger partial charge < -0.3 is 0 Å². The van der Waals surface area contributed by atoms with Gasteiger partial charge in [0, 0.05) is 0 Å². The monoisotopic (exact) mass is 163 g/mol. The molecular formula is C5H9NO3S. The van der Waals surface area contributed by atoms with Crippen molar-refractivity contribution in [2.45, 2.75) is 31.4 Å². The average Bonchev–Trinajstić information content (AvgIpc) is 2.20. The Morgan fingerprint density at radius 3 is 2.90 bits per heavy atom. The zero-order valence-electron chi connectivity index (χ0n) is 5.41. The molecule has 0 aromatic rings. The molecule has 1 saturated heterocycles. The maximum Gasteiger partial charge on any atom is 0.336 e. The Labute approximate surface area is 59.8 Å². The van der Waals surface area contributed by atoms with Gasteiger partial charge in [-0.3, -0.25) is 4.18 Å². The highest BCUT2D eigenvalue weighted by molar-refractivity contribution is 7.85. The van der Waals surface area contributed by atoms with Gasteiger partial charge in [-0.2, -0.15) is 13.1 Å². The van der Waals surface area contributed by atoms with Crippen LogP contribution < -0.4 is 4.72 Å². The predicted molar refractivity (Wildman–Crippen MR) is 34.6 cm³/mol. The van der Waals surface area contributed by atoms with Crippen LogP contribution in [-0.2, 0) is 14.5 Å². The van der Waals surface area contributed by atoms with Gasteiger partial charge in [-0.05, 0) is 19.3 Å². The molecule has 0 bridgehead atoms. The van der Waals surface area contributed by atoms with Crippen molar-refractivity contribution >= 4 is 10.3 Å². The number of hydrogen-bond acceptors (Lipinski definition) is 3.